The summed E-state index contributed by atoms with van der Waals surface area (Å²) < 4.78 is 6.08. The summed E-state index contributed by atoms with van der Waals surface area (Å²) >= 11 is 0. The summed E-state index contributed by atoms with van der Waals surface area (Å²) in [5, 5.41) is 17.7. The van der Waals surface area contributed by atoms with Crippen molar-refractivity contribution < 1.29 is 14.5 Å². The third-order valence-corrected chi connectivity index (χ3v) is 3.71. The number of aromatic nitrogens is 2. The second-order valence-corrected chi connectivity index (χ2v) is 5.17. The van der Waals surface area contributed by atoms with Gasteiger partial charge in [-0.15, -0.1) is 5.10 Å². The van der Waals surface area contributed by atoms with Gasteiger partial charge in [-0.25, -0.2) is 4.68 Å². The molecule has 1 atom stereocenters. The highest BCUT2D eigenvalue weighted by molar-refractivity contribution is 5.94. The second kappa shape index (κ2) is 6.47. The molecular formula is C15H18N4O4. The maximum absolute atomic E-state index is 12.4. The normalized spacial score (nSPS) is 11.8. The van der Waals surface area contributed by atoms with Gasteiger partial charge in [0, 0.05) is 5.69 Å². The number of nitro groups is 1. The molecule has 0 saturated carbocycles. The number of anilines is 1. The molecule has 0 radical (unpaired) electrons. The smallest absolute Gasteiger partial charge is 0.350 e. The van der Waals surface area contributed by atoms with E-state index < -0.39 is 11.0 Å². The summed E-state index contributed by atoms with van der Waals surface area (Å²) in [7, 11) is 1.29. The van der Waals surface area contributed by atoms with Crippen molar-refractivity contribution in [2.45, 2.75) is 26.8 Å². The van der Waals surface area contributed by atoms with E-state index in [0.29, 0.717) is 5.69 Å². The molecule has 0 spiro atoms. The first-order valence-electron chi connectivity index (χ1n) is 6.99. The number of amides is 1. The van der Waals surface area contributed by atoms with Crippen molar-refractivity contribution in [3.05, 3.63) is 45.6 Å². The number of aryl methyl sites for hydroxylation is 1. The summed E-state index contributed by atoms with van der Waals surface area (Å²) in [5.41, 5.74) is 2.46. The van der Waals surface area contributed by atoms with Crippen LogP contribution in [-0.2, 0) is 4.79 Å². The van der Waals surface area contributed by atoms with Crippen LogP contribution in [-0.4, -0.2) is 27.7 Å². The van der Waals surface area contributed by atoms with Crippen molar-refractivity contribution in [3.63, 3.8) is 0 Å². The molecule has 0 aliphatic carbocycles. The van der Waals surface area contributed by atoms with Crippen LogP contribution in [0, 0.1) is 24.0 Å². The molecule has 23 heavy (non-hydrogen) atoms. The molecule has 0 aliphatic rings. The van der Waals surface area contributed by atoms with Crippen molar-refractivity contribution >= 4 is 17.3 Å². The van der Waals surface area contributed by atoms with Crippen molar-refractivity contribution in [3.8, 4) is 5.88 Å². The Kier molecular flexibility index (Phi) is 4.63. The predicted molar refractivity (Wildman–Crippen MR) is 84.7 cm³/mol. The van der Waals surface area contributed by atoms with Gasteiger partial charge in [0.05, 0.1) is 12.0 Å². The number of methoxy groups -OCH3 is 1. The van der Waals surface area contributed by atoms with Gasteiger partial charge in [0.1, 0.15) is 12.2 Å². The molecular weight excluding hydrogens is 300 g/mol. The number of nitrogens with zero attached hydrogens (tertiary/aromatic N) is 3. The van der Waals surface area contributed by atoms with E-state index in [9.17, 15) is 14.9 Å². The topological polar surface area (TPSA) is 99.3 Å². The molecule has 0 fully saturated rings. The Bertz CT molecular complexity index is 754. The lowest BCUT2D eigenvalue weighted by Crippen LogP contribution is -2.24. The molecule has 1 heterocycles. The molecule has 122 valence electrons. The number of carbonyl (C=O) groups excluding carboxylic acids is 1. The highest BCUT2D eigenvalue weighted by Crippen LogP contribution is 2.26. The highest BCUT2D eigenvalue weighted by atomic mass is 16.6. The molecule has 0 bridgehead atoms. The lowest BCUT2D eigenvalue weighted by molar-refractivity contribution is -0.385. The molecule has 1 aromatic heterocycles. The first-order valence-corrected chi connectivity index (χ1v) is 6.99. The molecule has 2 rings (SSSR count). The number of nitrogens with one attached hydrogen (secondary N) is 1. The van der Waals surface area contributed by atoms with E-state index in [1.54, 1.807) is 13.0 Å². The van der Waals surface area contributed by atoms with Crippen LogP contribution < -0.4 is 10.1 Å². The molecule has 1 unspecified atom stereocenters. The number of carbonyl (C=O) groups is 1. The first kappa shape index (κ1) is 16.5. The fraction of sp³-hybridized carbons (Fsp3) is 0.333. The van der Waals surface area contributed by atoms with Crippen LogP contribution in [0.4, 0.5) is 11.4 Å². The van der Waals surface area contributed by atoms with Gasteiger partial charge in [0.2, 0.25) is 5.91 Å². The zero-order valence-electron chi connectivity index (χ0n) is 13.4. The molecule has 1 N–H and O–H groups in total. The van der Waals surface area contributed by atoms with Gasteiger partial charge in [0.15, 0.2) is 0 Å². The lowest BCUT2D eigenvalue weighted by Gasteiger charge is -2.14. The maximum Gasteiger partial charge on any atom is 0.350 e. The van der Waals surface area contributed by atoms with Crippen LogP contribution in [0.1, 0.15) is 24.1 Å². The fourth-order valence-electron chi connectivity index (χ4n) is 2.08. The molecule has 1 amide bonds. The van der Waals surface area contributed by atoms with Crippen LogP contribution in [0.3, 0.4) is 0 Å². The minimum absolute atomic E-state index is 0.124. The Morgan fingerprint density at radius 1 is 1.43 bits per heavy atom. The fourth-order valence-corrected chi connectivity index (χ4v) is 2.08. The zero-order valence-corrected chi connectivity index (χ0v) is 13.4. The van der Waals surface area contributed by atoms with Crippen molar-refractivity contribution in [1.82, 2.24) is 9.78 Å². The van der Waals surface area contributed by atoms with Gasteiger partial charge in [-0.1, -0.05) is 12.1 Å². The monoisotopic (exact) mass is 318 g/mol. The van der Waals surface area contributed by atoms with E-state index in [4.69, 9.17) is 4.74 Å². The largest absolute Gasteiger partial charge is 0.475 e. The number of hydrogen-bond acceptors (Lipinski definition) is 5. The van der Waals surface area contributed by atoms with Crippen LogP contribution in [0.5, 0.6) is 5.88 Å². The minimum atomic E-state index is -0.725. The van der Waals surface area contributed by atoms with Gasteiger partial charge >= 0.3 is 11.6 Å². The minimum Gasteiger partial charge on any atom is -0.475 e. The average Bonchev–Trinajstić information content (AvgIpc) is 2.95. The van der Waals surface area contributed by atoms with E-state index in [1.807, 2.05) is 26.0 Å². The molecule has 0 aliphatic heterocycles. The Labute approximate surface area is 133 Å². The summed E-state index contributed by atoms with van der Waals surface area (Å²) in [5.74, 6) is -0.444. The summed E-state index contributed by atoms with van der Waals surface area (Å²) in [6.07, 6.45) is 1.19. The molecule has 2 aromatic rings. The van der Waals surface area contributed by atoms with Crippen LogP contribution in [0.2, 0.25) is 0 Å². The first-order chi connectivity index (χ1) is 10.8. The van der Waals surface area contributed by atoms with E-state index in [2.05, 4.69) is 10.4 Å². The van der Waals surface area contributed by atoms with Crippen LogP contribution in [0.25, 0.3) is 0 Å². The van der Waals surface area contributed by atoms with Gasteiger partial charge in [-0.2, -0.15) is 0 Å². The second-order valence-electron chi connectivity index (χ2n) is 5.17. The Morgan fingerprint density at radius 2 is 2.13 bits per heavy atom. The van der Waals surface area contributed by atoms with Gasteiger partial charge in [0.25, 0.3) is 0 Å². The molecule has 8 nitrogen and oxygen atoms in total. The Balaban J connectivity index is 2.23. The van der Waals surface area contributed by atoms with Gasteiger partial charge in [-0.05, 0) is 38.0 Å². The van der Waals surface area contributed by atoms with E-state index in [-0.39, 0.29) is 17.5 Å². The van der Waals surface area contributed by atoms with Gasteiger partial charge < -0.3 is 10.1 Å². The van der Waals surface area contributed by atoms with Crippen molar-refractivity contribution in [2.24, 2.45) is 0 Å². The summed E-state index contributed by atoms with van der Waals surface area (Å²) in [6, 6.07) is 4.89. The van der Waals surface area contributed by atoms with Crippen LogP contribution in [0.15, 0.2) is 24.4 Å². The Hall–Kier alpha value is -2.90. The summed E-state index contributed by atoms with van der Waals surface area (Å²) in [6.45, 7) is 5.48. The number of rotatable bonds is 5. The summed E-state index contributed by atoms with van der Waals surface area (Å²) in [4.78, 5) is 22.7. The molecule has 8 heteroatoms. The van der Waals surface area contributed by atoms with E-state index in [0.717, 1.165) is 11.1 Å². The standard InChI is InChI=1S/C15H18N4O4/c1-9-6-5-7-12(10(9)2)16-14(20)11(3)18-8-13(19(21)22)15(17-18)23-4/h5-8,11H,1-4H3,(H,16,20). The predicted octanol–water partition coefficient (Wildman–Crippen LogP) is 2.62. The third kappa shape index (κ3) is 3.31. The van der Waals surface area contributed by atoms with Crippen LogP contribution >= 0.6 is 0 Å². The number of ether oxygens (including phenoxy) is 1. The molecule has 1 aromatic carbocycles. The SMILES string of the molecule is COc1nn(C(C)C(=O)Nc2cccc(C)c2C)cc1[N+](=O)[O-]. The number of hydrogen-bond donors (Lipinski definition) is 1. The number of benzene rings is 1. The average molecular weight is 318 g/mol. The molecule has 0 saturated heterocycles. The quantitative estimate of drug-likeness (QED) is 0.675. The third-order valence-electron chi connectivity index (χ3n) is 3.71. The van der Waals surface area contributed by atoms with Gasteiger partial charge in [-0.3, -0.25) is 14.9 Å². The maximum atomic E-state index is 12.4. The Morgan fingerprint density at radius 3 is 2.70 bits per heavy atom. The lowest BCUT2D eigenvalue weighted by atomic mass is 10.1. The van der Waals surface area contributed by atoms with E-state index >= 15 is 0 Å². The highest BCUT2D eigenvalue weighted by Gasteiger charge is 2.25. The zero-order chi connectivity index (χ0) is 17.1. The van der Waals surface area contributed by atoms with E-state index in [1.165, 1.54) is 18.0 Å². The van der Waals surface area contributed by atoms with Crippen molar-refractivity contribution in [1.29, 1.82) is 0 Å². The van der Waals surface area contributed by atoms with Crippen molar-refractivity contribution in [2.75, 3.05) is 12.4 Å².